The van der Waals surface area contributed by atoms with Crippen LogP contribution < -0.4 is 0 Å². The van der Waals surface area contributed by atoms with Gasteiger partial charge in [-0.1, -0.05) is 51.0 Å². The first-order valence-corrected chi connectivity index (χ1v) is 17.4. The molecule has 0 saturated carbocycles. The molecule has 4 rings (SSSR count). The number of hydrogen-bond donors (Lipinski definition) is 0. The maximum absolute atomic E-state index is 5.13. The fourth-order valence-electron chi connectivity index (χ4n) is 3.47. The van der Waals surface area contributed by atoms with Crippen molar-refractivity contribution in [3.63, 3.8) is 0 Å². The Morgan fingerprint density at radius 3 is 1.21 bits per heavy atom. The topological polar surface area (TPSA) is 0 Å². The Bertz CT molecular complexity index is 947. The molecule has 0 amide bonds. The zero-order chi connectivity index (χ0) is 21.0. The molecular formula is C25H28Cl2Zr-2. The van der Waals surface area contributed by atoms with Crippen LogP contribution in [0.15, 0.2) is 48.5 Å². The van der Waals surface area contributed by atoms with Crippen LogP contribution in [0.4, 0.5) is 0 Å². The number of hydrogen-bond acceptors (Lipinski definition) is 0. The van der Waals surface area contributed by atoms with E-state index in [2.05, 4.69) is 94.3 Å². The van der Waals surface area contributed by atoms with Crippen molar-refractivity contribution in [3.05, 3.63) is 81.9 Å². The first-order chi connectivity index (χ1) is 13.1. The van der Waals surface area contributed by atoms with Crippen molar-refractivity contribution in [1.29, 1.82) is 0 Å². The number of fused-ring (bicyclic) bond motifs is 2. The molecule has 28 heavy (non-hydrogen) atoms. The zero-order valence-electron chi connectivity index (χ0n) is 17.6. The second-order valence-corrected chi connectivity index (χ2v) is 15.7. The van der Waals surface area contributed by atoms with Gasteiger partial charge >= 0.3 is 40.1 Å². The molecular weight excluding hydrogens is 462 g/mol. The molecule has 0 radical (unpaired) electrons. The first kappa shape index (κ1) is 23.3. The third-order valence-corrected chi connectivity index (χ3v) is 4.93. The van der Waals surface area contributed by atoms with Gasteiger partial charge in [-0.3, -0.25) is 0 Å². The normalized spacial score (nSPS) is 10.3. The fraction of sp³-hybridized carbons (Fsp3) is 0.240. The molecule has 0 atom stereocenters. The van der Waals surface area contributed by atoms with Gasteiger partial charge in [-0.05, 0) is 13.8 Å². The quantitative estimate of drug-likeness (QED) is 0.217. The summed E-state index contributed by atoms with van der Waals surface area (Å²) in [5, 5.41) is 5.64. The summed E-state index contributed by atoms with van der Waals surface area (Å²) in [4.78, 5) is 0. The summed E-state index contributed by atoms with van der Waals surface area (Å²) in [5.41, 5.74) is 8.24. The minimum absolute atomic E-state index is 1.36. The van der Waals surface area contributed by atoms with Crippen molar-refractivity contribution >= 4 is 42.8 Å². The molecule has 0 aromatic heterocycles. The van der Waals surface area contributed by atoms with Crippen molar-refractivity contribution in [1.82, 2.24) is 0 Å². The van der Waals surface area contributed by atoms with Gasteiger partial charge in [0, 0.05) is 0 Å². The van der Waals surface area contributed by atoms with E-state index in [9.17, 15) is 0 Å². The molecule has 0 N–H and O–H groups in total. The molecule has 0 aliphatic rings. The minimum atomic E-state index is -1.85. The van der Waals surface area contributed by atoms with Gasteiger partial charge in [-0.25, -0.2) is 0 Å². The van der Waals surface area contributed by atoms with Crippen LogP contribution in [0.5, 0.6) is 0 Å². The van der Waals surface area contributed by atoms with Crippen LogP contribution in [0.25, 0.3) is 21.5 Å². The van der Waals surface area contributed by atoms with E-state index >= 15 is 0 Å². The van der Waals surface area contributed by atoms with Gasteiger partial charge in [-0.2, -0.15) is 12.1 Å². The zero-order valence-corrected chi connectivity index (χ0v) is 21.6. The van der Waals surface area contributed by atoms with Gasteiger partial charge in [0.15, 0.2) is 0 Å². The van der Waals surface area contributed by atoms with Gasteiger partial charge in [-0.15, -0.1) is 68.1 Å². The maximum atomic E-state index is 5.13. The van der Waals surface area contributed by atoms with E-state index in [1.807, 2.05) is 0 Å². The summed E-state index contributed by atoms with van der Waals surface area (Å²) in [6.45, 7) is 13.0. The summed E-state index contributed by atoms with van der Waals surface area (Å²) in [6, 6.07) is 17.8. The van der Waals surface area contributed by atoms with Gasteiger partial charge in [0.1, 0.15) is 0 Å². The standard InChI is InChI=1S/2C12H13.CH2.2ClH.Zr/c2*1-8-6-11-9(2)4-5-10(3)12(11)7-8;;;;/h2*4-7H,1-3H3;1H2;2*1H;/q2*-1;;;;+2/p-2. The summed E-state index contributed by atoms with van der Waals surface area (Å²) >= 11 is -1.85. The molecule has 0 nitrogen and oxygen atoms in total. The van der Waals surface area contributed by atoms with Crippen LogP contribution >= 0.6 is 17.0 Å². The van der Waals surface area contributed by atoms with E-state index in [1.165, 1.54) is 54.9 Å². The molecule has 0 fully saturated rings. The van der Waals surface area contributed by atoms with Crippen LogP contribution in [0.1, 0.15) is 33.4 Å². The van der Waals surface area contributed by atoms with E-state index in [1.54, 1.807) is 0 Å². The SMILES string of the molecule is Cc1cc2c(C)ccc(C)c2[cH-]1.Cc1cc2c(C)ccc(C)c2[cH-]1.[CH2]=[Zr]([Cl])[Cl]. The monoisotopic (exact) mass is 488 g/mol. The first-order valence-electron chi connectivity index (χ1n) is 9.36. The van der Waals surface area contributed by atoms with Crippen LogP contribution in [-0.4, -0.2) is 4.21 Å². The summed E-state index contributed by atoms with van der Waals surface area (Å²) in [5.74, 6) is 0. The average Bonchev–Trinajstić information content (AvgIpc) is 3.19. The molecule has 0 saturated heterocycles. The number of aryl methyl sites for hydroxylation is 6. The van der Waals surface area contributed by atoms with E-state index in [-0.39, 0.29) is 0 Å². The molecule has 0 spiro atoms. The molecule has 0 unspecified atom stereocenters. The molecule has 0 heterocycles. The second kappa shape index (κ2) is 10.2. The summed E-state index contributed by atoms with van der Waals surface area (Å²) in [7, 11) is 10.3. The summed E-state index contributed by atoms with van der Waals surface area (Å²) in [6.07, 6.45) is 0. The van der Waals surface area contributed by atoms with E-state index in [4.69, 9.17) is 17.0 Å². The Balaban J connectivity index is 0.000000169. The Morgan fingerprint density at radius 2 is 0.929 bits per heavy atom. The third-order valence-electron chi connectivity index (χ3n) is 4.93. The van der Waals surface area contributed by atoms with Crippen LogP contribution in [0, 0.1) is 41.5 Å². The van der Waals surface area contributed by atoms with E-state index < -0.39 is 18.9 Å². The van der Waals surface area contributed by atoms with Crippen molar-refractivity contribution in [2.24, 2.45) is 0 Å². The second-order valence-electron chi connectivity index (χ2n) is 7.46. The summed E-state index contributed by atoms with van der Waals surface area (Å²) < 4.78 is 3.37. The van der Waals surface area contributed by atoms with Crippen molar-refractivity contribution in [2.45, 2.75) is 41.5 Å². The Labute approximate surface area is 184 Å². The molecule has 3 heteroatoms. The predicted octanol–water partition coefficient (Wildman–Crippen LogP) is 8.31. The predicted molar refractivity (Wildman–Crippen MR) is 126 cm³/mol. The number of benzene rings is 2. The molecule has 4 aromatic rings. The van der Waals surface area contributed by atoms with Crippen molar-refractivity contribution in [2.75, 3.05) is 0 Å². The number of halogens is 2. The van der Waals surface area contributed by atoms with E-state index in [0.717, 1.165) is 0 Å². The fourth-order valence-corrected chi connectivity index (χ4v) is 3.47. The van der Waals surface area contributed by atoms with Gasteiger partial charge < -0.3 is 0 Å². The van der Waals surface area contributed by atoms with Gasteiger partial charge in [0.05, 0.1) is 0 Å². The third kappa shape index (κ3) is 5.99. The van der Waals surface area contributed by atoms with Crippen LogP contribution in [0.2, 0.25) is 0 Å². The number of rotatable bonds is 0. The Morgan fingerprint density at radius 1 is 0.643 bits per heavy atom. The van der Waals surface area contributed by atoms with Crippen LogP contribution in [0.3, 0.4) is 0 Å². The molecule has 0 bridgehead atoms. The molecule has 4 aromatic carbocycles. The van der Waals surface area contributed by atoms with Gasteiger partial charge in [0.2, 0.25) is 0 Å². The average molecular weight is 491 g/mol. The molecule has 148 valence electrons. The Kier molecular flexibility index (Phi) is 8.44. The molecule has 0 aliphatic heterocycles. The Hall–Kier alpha value is -1.01. The van der Waals surface area contributed by atoms with Crippen molar-refractivity contribution in [3.8, 4) is 0 Å². The van der Waals surface area contributed by atoms with E-state index in [0.29, 0.717) is 0 Å². The van der Waals surface area contributed by atoms with Crippen molar-refractivity contribution < 1.29 is 18.9 Å². The molecule has 0 aliphatic carbocycles. The van der Waals surface area contributed by atoms with Crippen LogP contribution in [-0.2, 0) is 18.9 Å². The van der Waals surface area contributed by atoms with Gasteiger partial charge in [0.25, 0.3) is 0 Å².